The highest BCUT2D eigenvalue weighted by molar-refractivity contribution is 7.98. The Hall–Kier alpha value is -2.20. The number of hydrogen-bond donors (Lipinski definition) is 1. The van der Waals surface area contributed by atoms with Crippen molar-refractivity contribution < 1.29 is 4.42 Å². The highest BCUT2D eigenvalue weighted by atomic mass is 32.2. The number of anilines is 1. The van der Waals surface area contributed by atoms with Crippen LogP contribution in [0.5, 0.6) is 0 Å². The predicted octanol–water partition coefficient (Wildman–Crippen LogP) is 3.98. The molecular formula is C17H15NO2S. The summed E-state index contributed by atoms with van der Waals surface area (Å²) in [7, 11) is 0. The number of benzene rings is 2. The minimum absolute atomic E-state index is 0.309. The Morgan fingerprint density at radius 3 is 2.81 bits per heavy atom. The van der Waals surface area contributed by atoms with E-state index in [-0.39, 0.29) is 5.63 Å². The summed E-state index contributed by atoms with van der Waals surface area (Å²) in [6, 6.07) is 15.2. The smallest absolute Gasteiger partial charge is 0.336 e. The minimum atomic E-state index is -0.309. The molecule has 0 fully saturated rings. The predicted molar refractivity (Wildman–Crippen MR) is 87.6 cm³/mol. The number of hydrogen-bond acceptors (Lipinski definition) is 4. The Balaban J connectivity index is 1.95. The van der Waals surface area contributed by atoms with Crippen molar-refractivity contribution in [3.8, 4) is 0 Å². The van der Waals surface area contributed by atoms with Gasteiger partial charge in [0.05, 0.1) is 0 Å². The normalized spacial score (nSPS) is 10.9. The summed E-state index contributed by atoms with van der Waals surface area (Å²) in [6.07, 6.45) is 0. The summed E-state index contributed by atoms with van der Waals surface area (Å²) < 4.78 is 5.27. The molecule has 0 atom stereocenters. The molecule has 0 aliphatic rings. The maximum atomic E-state index is 11.7. The first-order valence-electron chi connectivity index (χ1n) is 6.63. The van der Waals surface area contributed by atoms with Gasteiger partial charge in [0.1, 0.15) is 5.58 Å². The van der Waals surface area contributed by atoms with E-state index in [0.29, 0.717) is 11.3 Å². The van der Waals surface area contributed by atoms with Gasteiger partial charge in [0, 0.05) is 27.8 Å². The third-order valence-corrected chi connectivity index (χ3v) is 4.28. The Morgan fingerprint density at radius 2 is 2.00 bits per heavy atom. The molecule has 0 saturated carbocycles. The van der Waals surface area contributed by atoms with Crippen LogP contribution in [0.15, 0.2) is 62.6 Å². The third-order valence-electron chi connectivity index (χ3n) is 3.24. The lowest BCUT2D eigenvalue weighted by molar-refractivity contribution is 0.559. The molecule has 21 heavy (non-hydrogen) atoms. The van der Waals surface area contributed by atoms with Crippen molar-refractivity contribution in [2.24, 2.45) is 0 Å². The van der Waals surface area contributed by atoms with E-state index in [1.54, 1.807) is 17.8 Å². The van der Waals surface area contributed by atoms with Crippen LogP contribution in [0, 0.1) is 6.92 Å². The van der Waals surface area contributed by atoms with Gasteiger partial charge in [-0.1, -0.05) is 18.2 Å². The van der Waals surface area contributed by atoms with Crippen molar-refractivity contribution in [1.29, 1.82) is 0 Å². The lowest BCUT2D eigenvalue weighted by atomic mass is 10.1. The lowest BCUT2D eigenvalue weighted by Gasteiger charge is -2.06. The molecule has 1 aromatic heterocycles. The van der Waals surface area contributed by atoms with E-state index in [0.717, 1.165) is 27.1 Å². The van der Waals surface area contributed by atoms with Crippen molar-refractivity contribution in [1.82, 2.24) is 0 Å². The van der Waals surface area contributed by atoms with Crippen molar-refractivity contribution >= 4 is 28.4 Å². The van der Waals surface area contributed by atoms with E-state index in [1.807, 2.05) is 49.4 Å². The summed E-state index contributed by atoms with van der Waals surface area (Å²) in [5.74, 6) is 0.703. The van der Waals surface area contributed by atoms with Gasteiger partial charge in [0.2, 0.25) is 0 Å². The second-order valence-corrected chi connectivity index (χ2v) is 6.00. The fourth-order valence-electron chi connectivity index (χ4n) is 2.22. The fraction of sp³-hybridized carbons (Fsp3) is 0.118. The monoisotopic (exact) mass is 297 g/mol. The molecule has 0 radical (unpaired) electrons. The van der Waals surface area contributed by atoms with Crippen LogP contribution in [0.3, 0.4) is 0 Å². The average Bonchev–Trinajstić information content (AvgIpc) is 2.44. The first-order valence-corrected chi connectivity index (χ1v) is 7.62. The molecule has 3 rings (SSSR count). The minimum Gasteiger partial charge on any atom is -0.423 e. The van der Waals surface area contributed by atoms with E-state index in [2.05, 4.69) is 0 Å². The highest BCUT2D eigenvalue weighted by Crippen LogP contribution is 2.27. The SMILES string of the molecule is Cc1ccc2c(CSc3cccc(N)c3)cc(=O)oc2c1. The molecule has 4 heteroatoms. The van der Waals surface area contributed by atoms with Gasteiger partial charge >= 0.3 is 5.63 Å². The summed E-state index contributed by atoms with van der Waals surface area (Å²) in [6.45, 7) is 1.98. The molecule has 0 unspecified atom stereocenters. The zero-order valence-electron chi connectivity index (χ0n) is 11.6. The van der Waals surface area contributed by atoms with Crippen LogP contribution in [-0.2, 0) is 5.75 Å². The molecular weight excluding hydrogens is 282 g/mol. The number of nitrogen functional groups attached to an aromatic ring is 1. The van der Waals surface area contributed by atoms with Gasteiger partial charge in [-0.25, -0.2) is 4.79 Å². The molecule has 2 aromatic carbocycles. The number of nitrogens with two attached hydrogens (primary N) is 1. The van der Waals surface area contributed by atoms with Crippen LogP contribution < -0.4 is 11.4 Å². The van der Waals surface area contributed by atoms with Crippen LogP contribution >= 0.6 is 11.8 Å². The second kappa shape index (κ2) is 5.66. The lowest BCUT2D eigenvalue weighted by Crippen LogP contribution is -2.00. The van der Waals surface area contributed by atoms with Gasteiger partial charge in [-0.05, 0) is 42.3 Å². The van der Waals surface area contributed by atoms with Crippen molar-refractivity contribution in [3.63, 3.8) is 0 Å². The molecule has 0 bridgehead atoms. The number of rotatable bonds is 3. The Labute approximate surface area is 126 Å². The maximum Gasteiger partial charge on any atom is 0.336 e. The standard InChI is InChI=1S/C17H15NO2S/c1-11-5-6-15-12(8-17(19)20-16(15)7-11)10-21-14-4-2-3-13(18)9-14/h2-9H,10,18H2,1H3. The summed E-state index contributed by atoms with van der Waals surface area (Å²) in [4.78, 5) is 12.8. The van der Waals surface area contributed by atoms with Gasteiger partial charge in [0.25, 0.3) is 0 Å². The third kappa shape index (κ3) is 3.11. The molecule has 106 valence electrons. The summed E-state index contributed by atoms with van der Waals surface area (Å²) in [5.41, 5.74) is 8.91. The van der Waals surface area contributed by atoms with Gasteiger partial charge in [-0.3, -0.25) is 0 Å². The van der Waals surface area contributed by atoms with Crippen LogP contribution in [0.4, 0.5) is 5.69 Å². The van der Waals surface area contributed by atoms with Gasteiger partial charge in [0.15, 0.2) is 0 Å². The number of fused-ring (bicyclic) bond motifs is 1. The Bertz CT molecular complexity index is 855. The Kier molecular flexibility index (Phi) is 3.71. The molecule has 0 spiro atoms. The van der Waals surface area contributed by atoms with E-state index < -0.39 is 0 Å². The Morgan fingerprint density at radius 1 is 1.14 bits per heavy atom. The fourth-order valence-corrected chi connectivity index (χ4v) is 3.18. The topological polar surface area (TPSA) is 56.2 Å². The highest BCUT2D eigenvalue weighted by Gasteiger charge is 2.06. The maximum absolute atomic E-state index is 11.7. The molecule has 3 aromatic rings. The molecule has 0 aliphatic heterocycles. The summed E-state index contributed by atoms with van der Waals surface area (Å²) >= 11 is 1.65. The summed E-state index contributed by atoms with van der Waals surface area (Å²) in [5, 5.41) is 0.983. The molecule has 3 nitrogen and oxygen atoms in total. The molecule has 0 saturated heterocycles. The molecule has 2 N–H and O–H groups in total. The van der Waals surface area contributed by atoms with Crippen molar-refractivity contribution in [2.75, 3.05) is 5.73 Å². The first kappa shape index (κ1) is 13.8. The number of thioether (sulfide) groups is 1. The van der Waals surface area contributed by atoms with Crippen LogP contribution in [0.25, 0.3) is 11.0 Å². The van der Waals surface area contributed by atoms with E-state index in [1.165, 1.54) is 0 Å². The van der Waals surface area contributed by atoms with E-state index >= 15 is 0 Å². The number of aryl methyl sites for hydroxylation is 1. The van der Waals surface area contributed by atoms with E-state index in [9.17, 15) is 4.79 Å². The van der Waals surface area contributed by atoms with E-state index in [4.69, 9.17) is 10.2 Å². The van der Waals surface area contributed by atoms with Gasteiger partial charge < -0.3 is 10.2 Å². The van der Waals surface area contributed by atoms with Gasteiger partial charge in [-0.2, -0.15) is 0 Å². The first-order chi connectivity index (χ1) is 10.1. The second-order valence-electron chi connectivity index (χ2n) is 4.95. The molecule has 0 amide bonds. The van der Waals surface area contributed by atoms with Crippen LogP contribution in [-0.4, -0.2) is 0 Å². The van der Waals surface area contributed by atoms with Crippen LogP contribution in [0.1, 0.15) is 11.1 Å². The zero-order valence-corrected chi connectivity index (χ0v) is 12.4. The molecule has 1 heterocycles. The van der Waals surface area contributed by atoms with Gasteiger partial charge in [-0.15, -0.1) is 11.8 Å². The largest absolute Gasteiger partial charge is 0.423 e. The van der Waals surface area contributed by atoms with Crippen molar-refractivity contribution in [2.45, 2.75) is 17.6 Å². The van der Waals surface area contributed by atoms with Crippen LogP contribution in [0.2, 0.25) is 0 Å². The quantitative estimate of drug-likeness (QED) is 0.451. The molecule has 0 aliphatic carbocycles. The average molecular weight is 297 g/mol. The zero-order chi connectivity index (χ0) is 14.8. The van der Waals surface area contributed by atoms with Crippen molar-refractivity contribution in [3.05, 3.63) is 70.1 Å².